The van der Waals surface area contributed by atoms with Gasteiger partial charge in [0.15, 0.2) is 0 Å². The van der Waals surface area contributed by atoms with E-state index in [1.807, 2.05) is 13.8 Å². The molecule has 0 radical (unpaired) electrons. The minimum atomic E-state index is -4.17. The molecule has 1 saturated heterocycles. The first-order valence-electron chi connectivity index (χ1n) is 7.40. The van der Waals surface area contributed by atoms with Crippen molar-refractivity contribution < 1.29 is 18.0 Å². The van der Waals surface area contributed by atoms with Crippen molar-refractivity contribution in [1.82, 2.24) is 10.2 Å². The Bertz CT molecular complexity index is 349. The maximum atomic E-state index is 12.8. The Kier molecular flexibility index (Phi) is 4.62. The first-order chi connectivity index (χ1) is 9.30. The summed E-state index contributed by atoms with van der Waals surface area (Å²) in [5.41, 5.74) is 0. The molecule has 20 heavy (non-hydrogen) atoms. The summed E-state index contributed by atoms with van der Waals surface area (Å²) >= 11 is 0. The standard InChI is InChI=1S/C14H23F3N2O/c1-9-7-18-8-10(2)19(9)13(20)11-4-3-5-12(6-11)14(15,16)17/h9-12,18H,3-8H2,1-2H3. The Balaban J connectivity index is 2.04. The lowest BCUT2D eigenvalue weighted by Gasteiger charge is -2.42. The van der Waals surface area contributed by atoms with Crippen LogP contribution in [-0.4, -0.2) is 42.2 Å². The van der Waals surface area contributed by atoms with Crippen molar-refractivity contribution in [3.63, 3.8) is 0 Å². The van der Waals surface area contributed by atoms with Crippen molar-refractivity contribution in [2.75, 3.05) is 13.1 Å². The molecule has 1 saturated carbocycles. The SMILES string of the molecule is CC1CNCC(C)N1C(=O)C1CCCC(C(F)(F)F)C1. The Morgan fingerprint density at radius 3 is 2.30 bits per heavy atom. The summed E-state index contributed by atoms with van der Waals surface area (Å²) in [5, 5.41) is 3.23. The van der Waals surface area contributed by atoms with E-state index in [1.54, 1.807) is 4.90 Å². The molecule has 2 rings (SSSR count). The molecule has 1 aliphatic heterocycles. The molecular formula is C14H23F3N2O. The van der Waals surface area contributed by atoms with E-state index in [2.05, 4.69) is 5.32 Å². The Morgan fingerprint density at radius 1 is 1.15 bits per heavy atom. The number of carbonyl (C=O) groups is 1. The molecule has 1 N–H and O–H groups in total. The van der Waals surface area contributed by atoms with Gasteiger partial charge in [0.05, 0.1) is 5.92 Å². The predicted molar refractivity (Wildman–Crippen MR) is 70.1 cm³/mol. The monoisotopic (exact) mass is 292 g/mol. The maximum Gasteiger partial charge on any atom is 0.391 e. The molecule has 0 spiro atoms. The number of rotatable bonds is 1. The molecule has 2 aliphatic rings. The number of alkyl halides is 3. The highest BCUT2D eigenvalue weighted by atomic mass is 19.4. The fraction of sp³-hybridized carbons (Fsp3) is 0.929. The fourth-order valence-corrected chi connectivity index (χ4v) is 3.49. The topological polar surface area (TPSA) is 32.3 Å². The van der Waals surface area contributed by atoms with Crippen LogP contribution >= 0.6 is 0 Å². The highest BCUT2D eigenvalue weighted by Crippen LogP contribution is 2.40. The van der Waals surface area contributed by atoms with Gasteiger partial charge in [0.25, 0.3) is 0 Å². The van der Waals surface area contributed by atoms with Crippen LogP contribution < -0.4 is 5.32 Å². The number of halogens is 3. The van der Waals surface area contributed by atoms with Gasteiger partial charge < -0.3 is 10.2 Å². The van der Waals surface area contributed by atoms with Crippen LogP contribution in [0.1, 0.15) is 39.5 Å². The van der Waals surface area contributed by atoms with E-state index in [0.29, 0.717) is 25.9 Å². The molecule has 0 bridgehead atoms. The second-order valence-electron chi connectivity index (χ2n) is 6.20. The van der Waals surface area contributed by atoms with Gasteiger partial charge in [0.1, 0.15) is 0 Å². The highest BCUT2D eigenvalue weighted by molar-refractivity contribution is 5.79. The van der Waals surface area contributed by atoms with E-state index in [0.717, 1.165) is 0 Å². The zero-order valence-corrected chi connectivity index (χ0v) is 12.0. The van der Waals surface area contributed by atoms with Gasteiger partial charge in [-0.1, -0.05) is 6.42 Å². The third kappa shape index (κ3) is 3.27. The van der Waals surface area contributed by atoms with Crippen molar-refractivity contribution in [2.24, 2.45) is 11.8 Å². The molecule has 1 heterocycles. The molecular weight excluding hydrogens is 269 g/mol. The van der Waals surface area contributed by atoms with Gasteiger partial charge in [-0.3, -0.25) is 4.79 Å². The summed E-state index contributed by atoms with van der Waals surface area (Å²) < 4.78 is 38.5. The van der Waals surface area contributed by atoms with Gasteiger partial charge in [-0.05, 0) is 33.1 Å². The first-order valence-corrected chi connectivity index (χ1v) is 7.40. The smallest absolute Gasteiger partial charge is 0.334 e. The third-order valence-electron chi connectivity index (χ3n) is 4.57. The molecule has 0 aromatic carbocycles. The Labute approximate surface area is 117 Å². The van der Waals surface area contributed by atoms with Gasteiger partial charge in [0.2, 0.25) is 5.91 Å². The van der Waals surface area contributed by atoms with Crippen molar-refractivity contribution in [3.8, 4) is 0 Å². The van der Waals surface area contributed by atoms with Crippen molar-refractivity contribution in [3.05, 3.63) is 0 Å². The Morgan fingerprint density at radius 2 is 1.75 bits per heavy atom. The molecule has 0 aromatic rings. The average Bonchev–Trinajstić information content (AvgIpc) is 2.37. The van der Waals surface area contributed by atoms with Gasteiger partial charge in [0, 0.05) is 31.1 Å². The van der Waals surface area contributed by atoms with E-state index in [-0.39, 0.29) is 30.8 Å². The molecule has 2 fully saturated rings. The lowest BCUT2D eigenvalue weighted by molar-refractivity contribution is -0.187. The highest BCUT2D eigenvalue weighted by Gasteiger charge is 2.45. The quantitative estimate of drug-likeness (QED) is 0.805. The minimum Gasteiger partial charge on any atom is -0.334 e. The second kappa shape index (κ2) is 5.92. The molecule has 0 aromatic heterocycles. The lowest BCUT2D eigenvalue weighted by Crippen LogP contribution is -2.58. The molecule has 4 unspecified atom stereocenters. The molecule has 1 aliphatic carbocycles. The Hall–Kier alpha value is -0.780. The van der Waals surface area contributed by atoms with Crippen LogP contribution in [0.3, 0.4) is 0 Å². The number of carbonyl (C=O) groups excluding carboxylic acids is 1. The predicted octanol–water partition coefficient (Wildman–Crippen LogP) is 2.56. The van der Waals surface area contributed by atoms with Crippen LogP contribution in [0.5, 0.6) is 0 Å². The molecule has 3 nitrogen and oxygen atoms in total. The van der Waals surface area contributed by atoms with E-state index < -0.39 is 18.0 Å². The van der Waals surface area contributed by atoms with Crippen LogP contribution in [0.15, 0.2) is 0 Å². The van der Waals surface area contributed by atoms with Gasteiger partial charge in [-0.15, -0.1) is 0 Å². The van der Waals surface area contributed by atoms with E-state index in [4.69, 9.17) is 0 Å². The summed E-state index contributed by atoms with van der Waals surface area (Å²) in [6.07, 6.45) is -2.95. The molecule has 116 valence electrons. The normalized spacial score (nSPS) is 36.0. The number of piperazine rings is 1. The van der Waals surface area contributed by atoms with Crippen LogP contribution in [0.2, 0.25) is 0 Å². The summed E-state index contributed by atoms with van der Waals surface area (Å²) in [6, 6.07) is 0.107. The number of hydrogen-bond donors (Lipinski definition) is 1. The maximum absolute atomic E-state index is 12.8. The van der Waals surface area contributed by atoms with E-state index in [9.17, 15) is 18.0 Å². The van der Waals surface area contributed by atoms with Crippen LogP contribution in [0.25, 0.3) is 0 Å². The first kappa shape index (κ1) is 15.6. The lowest BCUT2D eigenvalue weighted by atomic mass is 9.80. The van der Waals surface area contributed by atoms with Gasteiger partial charge in [-0.2, -0.15) is 13.2 Å². The summed E-state index contributed by atoms with van der Waals surface area (Å²) in [6.45, 7) is 5.33. The van der Waals surface area contributed by atoms with Gasteiger partial charge >= 0.3 is 6.18 Å². The molecule has 1 amide bonds. The largest absolute Gasteiger partial charge is 0.391 e. The summed E-state index contributed by atoms with van der Waals surface area (Å²) in [4.78, 5) is 14.4. The van der Waals surface area contributed by atoms with Gasteiger partial charge in [-0.25, -0.2) is 0 Å². The number of hydrogen-bond acceptors (Lipinski definition) is 2. The average molecular weight is 292 g/mol. The molecule has 4 atom stereocenters. The number of nitrogens with one attached hydrogen (secondary N) is 1. The van der Waals surface area contributed by atoms with Crippen molar-refractivity contribution >= 4 is 5.91 Å². The number of amides is 1. The zero-order valence-electron chi connectivity index (χ0n) is 12.0. The third-order valence-corrected chi connectivity index (χ3v) is 4.57. The fourth-order valence-electron chi connectivity index (χ4n) is 3.49. The van der Waals surface area contributed by atoms with Crippen LogP contribution in [0.4, 0.5) is 13.2 Å². The zero-order chi connectivity index (χ0) is 14.9. The van der Waals surface area contributed by atoms with Crippen molar-refractivity contribution in [2.45, 2.75) is 57.8 Å². The summed E-state index contributed by atoms with van der Waals surface area (Å²) in [5.74, 6) is -1.85. The van der Waals surface area contributed by atoms with E-state index in [1.165, 1.54) is 0 Å². The van der Waals surface area contributed by atoms with Crippen LogP contribution in [-0.2, 0) is 4.79 Å². The second-order valence-corrected chi connectivity index (χ2v) is 6.20. The van der Waals surface area contributed by atoms with Crippen molar-refractivity contribution in [1.29, 1.82) is 0 Å². The van der Waals surface area contributed by atoms with E-state index >= 15 is 0 Å². The summed E-state index contributed by atoms with van der Waals surface area (Å²) in [7, 11) is 0. The minimum absolute atomic E-state index is 0.0360. The number of nitrogens with zero attached hydrogens (tertiary/aromatic N) is 1. The molecule has 6 heteroatoms. The van der Waals surface area contributed by atoms with Crippen LogP contribution in [0, 0.1) is 11.8 Å².